The van der Waals surface area contributed by atoms with Crippen LogP contribution in [0.15, 0.2) is 60.7 Å². The first kappa shape index (κ1) is 15.8. The van der Waals surface area contributed by atoms with Crippen molar-refractivity contribution in [2.24, 2.45) is 0 Å². The normalized spacial score (nSPS) is 10.2. The molecular weight excluding hydrogens is 326 g/mol. The molecule has 0 aliphatic carbocycles. The van der Waals surface area contributed by atoms with E-state index in [9.17, 15) is 4.79 Å². The maximum absolute atomic E-state index is 12.2. The first-order valence-corrected chi connectivity index (χ1v) is 7.52. The maximum atomic E-state index is 12.2. The summed E-state index contributed by atoms with van der Waals surface area (Å²) in [5.74, 6) is -0.604. The van der Waals surface area contributed by atoms with Crippen LogP contribution in [0.4, 0.5) is 0 Å². The number of hydrogen-bond donors (Lipinski definition) is 0. The van der Waals surface area contributed by atoms with E-state index in [4.69, 9.17) is 21.6 Å². The number of rotatable bonds is 4. The fraction of sp³-hybridized carbons (Fsp3) is 0.0556. The number of hydrogen-bond acceptors (Lipinski definition) is 4. The highest BCUT2D eigenvalue weighted by Gasteiger charge is 2.18. The number of benzene rings is 2. The molecule has 0 atom stereocenters. The Morgan fingerprint density at radius 3 is 2.54 bits per heavy atom. The topological polar surface area (TPSA) is 67.9 Å². The van der Waals surface area contributed by atoms with Crippen LogP contribution in [-0.2, 0) is 4.74 Å². The number of carbonyl (C=O) groups excluding carboxylic acids is 1. The van der Waals surface area contributed by atoms with Gasteiger partial charge in [-0.1, -0.05) is 41.9 Å². The number of carbonyl (C=O) groups is 1. The predicted molar refractivity (Wildman–Crippen MR) is 89.9 cm³/mol. The second-order valence-corrected chi connectivity index (χ2v) is 5.34. The molecule has 6 heteroatoms. The molecule has 2 aromatic carbocycles. The van der Waals surface area contributed by atoms with Crippen LogP contribution in [0.25, 0.3) is 16.9 Å². The van der Waals surface area contributed by atoms with Crippen molar-refractivity contribution in [3.63, 3.8) is 0 Å². The van der Waals surface area contributed by atoms with Crippen LogP contribution in [-0.4, -0.2) is 22.4 Å². The van der Waals surface area contributed by atoms with E-state index in [0.29, 0.717) is 10.7 Å². The highest BCUT2D eigenvalue weighted by Crippen LogP contribution is 2.23. The smallest absolute Gasteiger partial charge is 0.358 e. The molecule has 1 heterocycles. The minimum atomic E-state index is -0.604. The summed E-state index contributed by atoms with van der Waals surface area (Å²) in [6.07, 6.45) is 0. The van der Waals surface area contributed by atoms with Gasteiger partial charge in [0.15, 0.2) is 12.3 Å². The average Bonchev–Trinajstić information content (AvgIpc) is 3.06. The summed E-state index contributed by atoms with van der Waals surface area (Å²) in [6.45, 7) is -0.310. The predicted octanol–water partition coefficient (Wildman–Crippen LogP) is 3.87. The molecule has 3 rings (SSSR count). The van der Waals surface area contributed by atoms with E-state index in [1.54, 1.807) is 24.3 Å². The molecule has 0 saturated carbocycles. The Labute approximate surface area is 143 Å². The lowest BCUT2D eigenvalue weighted by Crippen LogP contribution is -2.12. The van der Waals surface area contributed by atoms with Crippen molar-refractivity contribution in [2.45, 2.75) is 0 Å². The van der Waals surface area contributed by atoms with Crippen LogP contribution >= 0.6 is 11.6 Å². The number of aromatic nitrogens is 2. The van der Waals surface area contributed by atoms with Crippen molar-refractivity contribution in [3.05, 3.63) is 71.4 Å². The summed E-state index contributed by atoms with van der Waals surface area (Å²) in [7, 11) is 0. The van der Waals surface area contributed by atoms with Gasteiger partial charge in [0.2, 0.25) is 0 Å². The lowest BCUT2D eigenvalue weighted by atomic mass is 10.1. The first-order chi connectivity index (χ1) is 11.7. The quantitative estimate of drug-likeness (QED) is 0.678. The monoisotopic (exact) mass is 337 g/mol. The molecule has 0 N–H and O–H groups in total. The van der Waals surface area contributed by atoms with Crippen molar-refractivity contribution < 1.29 is 9.53 Å². The van der Waals surface area contributed by atoms with Gasteiger partial charge in [-0.15, -0.1) is 0 Å². The van der Waals surface area contributed by atoms with E-state index >= 15 is 0 Å². The third-order valence-corrected chi connectivity index (χ3v) is 3.58. The Bertz CT molecular complexity index is 896. The molecule has 3 aromatic rings. The third kappa shape index (κ3) is 3.29. The number of ether oxygens (including phenoxy) is 1. The minimum Gasteiger partial charge on any atom is -0.446 e. The van der Waals surface area contributed by atoms with Gasteiger partial charge < -0.3 is 4.74 Å². The zero-order valence-corrected chi connectivity index (χ0v) is 13.3. The largest absolute Gasteiger partial charge is 0.446 e. The van der Waals surface area contributed by atoms with Crippen molar-refractivity contribution in [3.8, 4) is 23.0 Å². The molecule has 0 aliphatic rings. The molecule has 0 aliphatic heterocycles. The zero-order valence-electron chi connectivity index (χ0n) is 12.5. The molecule has 0 bridgehead atoms. The molecule has 0 spiro atoms. The number of nitriles is 1. The summed E-state index contributed by atoms with van der Waals surface area (Å²) in [5.41, 5.74) is 2.41. The molecule has 24 heavy (non-hydrogen) atoms. The molecule has 0 fully saturated rings. The Morgan fingerprint density at radius 2 is 1.88 bits per heavy atom. The third-order valence-electron chi connectivity index (χ3n) is 3.33. The summed E-state index contributed by atoms with van der Waals surface area (Å²) >= 11 is 5.91. The van der Waals surface area contributed by atoms with Gasteiger partial charge in [0, 0.05) is 10.6 Å². The summed E-state index contributed by atoms with van der Waals surface area (Å²) in [4.78, 5) is 12.2. The Morgan fingerprint density at radius 1 is 1.17 bits per heavy atom. The molecule has 5 nitrogen and oxygen atoms in total. The molecule has 0 unspecified atom stereocenters. The standard InChI is InChI=1S/C18H12ClN3O2/c19-14-8-6-13(7-9-14)16-12-17(18(23)24-11-10-20)22(21-16)15-4-2-1-3-5-15/h1-9,12H,11H2. The van der Waals surface area contributed by atoms with Gasteiger partial charge in [0.25, 0.3) is 0 Å². The summed E-state index contributed by atoms with van der Waals surface area (Å²) < 4.78 is 6.43. The second-order valence-electron chi connectivity index (χ2n) is 4.90. The van der Waals surface area contributed by atoms with E-state index in [1.165, 1.54) is 4.68 Å². The summed E-state index contributed by atoms with van der Waals surface area (Å²) in [6, 6.07) is 19.8. The van der Waals surface area contributed by atoms with Crippen LogP contribution in [0.3, 0.4) is 0 Å². The van der Waals surface area contributed by atoms with Crippen LogP contribution in [0.1, 0.15) is 10.5 Å². The summed E-state index contributed by atoms with van der Waals surface area (Å²) in [5, 5.41) is 13.7. The average molecular weight is 338 g/mol. The number of esters is 1. The fourth-order valence-electron chi connectivity index (χ4n) is 2.23. The molecular formula is C18H12ClN3O2. The Kier molecular flexibility index (Phi) is 4.59. The van der Waals surface area contributed by atoms with Gasteiger partial charge in [-0.25, -0.2) is 9.48 Å². The second kappa shape index (κ2) is 6.99. The molecule has 118 valence electrons. The van der Waals surface area contributed by atoms with Gasteiger partial charge in [0.1, 0.15) is 6.07 Å². The number of para-hydroxylation sites is 1. The first-order valence-electron chi connectivity index (χ1n) is 7.14. The van der Waals surface area contributed by atoms with Crippen LogP contribution in [0.2, 0.25) is 5.02 Å². The Hall–Kier alpha value is -3.10. The number of halogens is 1. The molecule has 1 aromatic heterocycles. The molecule has 0 amide bonds. The van der Waals surface area contributed by atoms with E-state index in [-0.39, 0.29) is 12.3 Å². The number of nitrogens with zero attached hydrogens (tertiary/aromatic N) is 3. The van der Waals surface area contributed by atoms with E-state index in [1.807, 2.05) is 42.5 Å². The lowest BCUT2D eigenvalue weighted by molar-refractivity contribution is 0.0544. The molecule has 0 radical (unpaired) electrons. The zero-order chi connectivity index (χ0) is 16.9. The fourth-order valence-corrected chi connectivity index (χ4v) is 2.35. The van der Waals surface area contributed by atoms with Gasteiger partial charge in [-0.2, -0.15) is 10.4 Å². The van der Waals surface area contributed by atoms with Crippen LogP contribution in [0, 0.1) is 11.3 Å². The van der Waals surface area contributed by atoms with Gasteiger partial charge in [-0.3, -0.25) is 0 Å². The van der Waals surface area contributed by atoms with Crippen molar-refractivity contribution in [1.29, 1.82) is 5.26 Å². The van der Waals surface area contributed by atoms with Crippen molar-refractivity contribution >= 4 is 17.6 Å². The van der Waals surface area contributed by atoms with Gasteiger partial charge in [0.05, 0.1) is 11.4 Å². The SMILES string of the molecule is N#CCOC(=O)c1cc(-c2ccc(Cl)cc2)nn1-c1ccccc1. The minimum absolute atomic E-state index is 0.251. The van der Waals surface area contributed by atoms with E-state index in [2.05, 4.69) is 5.10 Å². The van der Waals surface area contributed by atoms with E-state index in [0.717, 1.165) is 11.3 Å². The lowest BCUT2D eigenvalue weighted by Gasteiger charge is -2.05. The maximum Gasteiger partial charge on any atom is 0.358 e. The highest BCUT2D eigenvalue weighted by molar-refractivity contribution is 6.30. The van der Waals surface area contributed by atoms with E-state index < -0.39 is 5.97 Å². The van der Waals surface area contributed by atoms with Crippen molar-refractivity contribution in [2.75, 3.05) is 6.61 Å². The molecule has 0 saturated heterocycles. The van der Waals surface area contributed by atoms with Crippen LogP contribution < -0.4 is 0 Å². The Balaban J connectivity index is 2.07. The van der Waals surface area contributed by atoms with Gasteiger partial charge in [-0.05, 0) is 30.3 Å². The van der Waals surface area contributed by atoms with Crippen LogP contribution in [0.5, 0.6) is 0 Å². The van der Waals surface area contributed by atoms with Crippen molar-refractivity contribution in [1.82, 2.24) is 9.78 Å². The highest BCUT2D eigenvalue weighted by atomic mass is 35.5. The van der Waals surface area contributed by atoms with Gasteiger partial charge >= 0.3 is 5.97 Å².